The average Bonchev–Trinajstić information content (AvgIpc) is 2.00. The molecule has 0 spiro atoms. The van der Waals surface area contributed by atoms with E-state index in [-0.39, 0.29) is 0 Å². The molecule has 1 unspecified atom stereocenters. The van der Waals surface area contributed by atoms with Gasteiger partial charge in [-0.15, -0.1) is 0 Å². The van der Waals surface area contributed by atoms with E-state index in [9.17, 15) is 9.59 Å². The highest BCUT2D eigenvalue weighted by Gasteiger charge is 2.19. The quantitative estimate of drug-likeness (QED) is 0.207. The van der Waals surface area contributed by atoms with E-state index < -0.39 is 17.7 Å². The van der Waals surface area contributed by atoms with Crippen LogP contribution in [0.3, 0.4) is 0 Å². The van der Waals surface area contributed by atoms with Crippen LogP contribution in [0.25, 0.3) is 0 Å². The standard InChI is InChI=1S/C4H7IN2O3/c1-2(3(8)6-5)4(9)7-10/h2,10H,1H3,(H,6,8)(H,7,9). The maximum atomic E-state index is 10.6. The Hall–Kier alpha value is -0.370. The van der Waals surface area contributed by atoms with E-state index in [0.717, 1.165) is 0 Å². The van der Waals surface area contributed by atoms with Crippen LogP contribution in [0.5, 0.6) is 0 Å². The molecule has 0 rings (SSSR count). The summed E-state index contributed by atoms with van der Waals surface area (Å²) in [5, 5.41) is 8.07. The van der Waals surface area contributed by atoms with E-state index in [1.54, 1.807) is 22.9 Å². The van der Waals surface area contributed by atoms with Crippen LogP contribution in [-0.4, -0.2) is 17.0 Å². The fourth-order valence-corrected chi connectivity index (χ4v) is 0.765. The van der Waals surface area contributed by atoms with Gasteiger partial charge in [-0.2, -0.15) is 0 Å². The van der Waals surface area contributed by atoms with Gasteiger partial charge in [0.15, 0.2) is 0 Å². The minimum absolute atomic E-state index is 0.438. The Morgan fingerprint density at radius 1 is 1.50 bits per heavy atom. The number of rotatable bonds is 2. The third kappa shape index (κ3) is 2.48. The van der Waals surface area contributed by atoms with Crippen molar-refractivity contribution in [2.75, 3.05) is 0 Å². The van der Waals surface area contributed by atoms with Crippen LogP contribution in [0.1, 0.15) is 6.92 Å². The molecule has 5 nitrogen and oxygen atoms in total. The number of hydrogen-bond donors (Lipinski definition) is 3. The highest BCUT2D eigenvalue weighted by Crippen LogP contribution is 1.94. The Labute approximate surface area is 71.6 Å². The van der Waals surface area contributed by atoms with Crippen molar-refractivity contribution in [1.29, 1.82) is 0 Å². The smallest absolute Gasteiger partial charge is 0.255 e. The zero-order valence-electron chi connectivity index (χ0n) is 5.22. The summed E-state index contributed by atoms with van der Waals surface area (Å²) in [6, 6.07) is 0. The molecular weight excluding hydrogens is 251 g/mol. The van der Waals surface area contributed by atoms with E-state index in [2.05, 4.69) is 3.53 Å². The number of carbonyl (C=O) groups excluding carboxylic acids is 2. The van der Waals surface area contributed by atoms with E-state index >= 15 is 0 Å². The van der Waals surface area contributed by atoms with Crippen molar-refractivity contribution in [2.45, 2.75) is 6.92 Å². The Morgan fingerprint density at radius 3 is 2.30 bits per heavy atom. The summed E-state index contributed by atoms with van der Waals surface area (Å²) >= 11 is 1.62. The van der Waals surface area contributed by atoms with Crippen molar-refractivity contribution in [3.05, 3.63) is 0 Å². The zero-order chi connectivity index (χ0) is 8.15. The predicted molar refractivity (Wildman–Crippen MR) is 41.3 cm³/mol. The maximum Gasteiger partial charge on any atom is 0.255 e. The lowest BCUT2D eigenvalue weighted by Gasteiger charge is -2.04. The molecule has 2 amide bonds. The molecular formula is C4H7IN2O3. The molecule has 0 aliphatic heterocycles. The third-order valence-corrected chi connectivity index (χ3v) is 1.52. The number of nitrogens with one attached hydrogen (secondary N) is 2. The SMILES string of the molecule is CC(C(=O)NO)C(=O)NI. The first kappa shape index (κ1) is 9.63. The first-order chi connectivity index (χ1) is 4.63. The van der Waals surface area contributed by atoms with Gasteiger partial charge in [0.25, 0.3) is 5.91 Å². The van der Waals surface area contributed by atoms with Gasteiger partial charge in [-0.25, -0.2) is 5.48 Å². The lowest BCUT2D eigenvalue weighted by Crippen LogP contribution is -2.35. The van der Waals surface area contributed by atoms with Gasteiger partial charge in [0.1, 0.15) is 5.92 Å². The highest BCUT2D eigenvalue weighted by atomic mass is 127. The summed E-state index contributed by atoms with van der Waals surface area (Å²) in [7, 11) is 0. The Bertz CT molecular complexity index is 133. The molecule has 0 aromatic carbocycles. The van der Waals surface area contributed by atoms with Gasteiger partial charge in [0.2, 0.25) is 5.91 Å². The van der Waals surface area contributed by atoms with Crippen LogP contribution < -0.4 is 9.01 Å². The van der Waals surface area contributed by atoms with Gasteiger partial charge in [-0.3, -0.25) is 18.3 Å². The average molecular weight is 258 g/mol. The van der Waals surface area contributed by atoms with Crippen molar-refractivity contribution in [3.8, 4) is 0 Å². The highest BCUT2D eigenvalue weighted by molar-refractivity contribution is 14.1. The fourth-order valence-electron chi connectivity index (χ4n) is 0.298. The van der Waals surface area contributed by atoms with Crippen LogP contribution >= 0.6 is 22.9 Å². The second kappa shape index (κ2) is 4.45. The Balaban J connectivity index is 3.94. The topological polar surface area (TPSA) is 78.4 Å². The Kier molecular flexibility index (Phi) is 4.28. The summed E-state index contributed by atoms with van der Waals surface area (Å²) in [6.45, 7) is 1.39. The number of carbonyl (C=O) groups is 2. The molecule has 0 aliphatic carbocycles. The first-order valence-corrected chi connectivity index (χ1v) is 3.55. The normalized spacial score (nSPS) is 11.9. The largest absolute Gasteiger partial charge is 0.298 e. The number of amides is 2. The first-order valence-electron chi connectivity index (χ1n) is 2.48. The van der Waals surface area contributed by atoms with Crippen LogP contribution in [0.4, 0.5) is 0 Å². The monoisotopic (exact) mass is 258 g/mol. The molecule has 0 saturated heterocycles. The molecule has 0 heterocycles. The van der Waals surface area contributed by atoms with Gasteiger partial charge in [-0.1, -0.05) is 0 Å². The molecule has 0 radical (unpaired) electrons. The van der Waals surface area contributed by atoms with Gasteiger partial charge in [-0.05, 0) is 6.92 Å². The summed E-state index contributed by atoms with van der Waals surface area (Å²) in [6.07, 6.45) is 0. The summed E-state index contributed by atoms with van der Waals surface area (Å²) in [4.78, 5) is 21.1. The van der Waals surface area contributed by atoms with Crippen molar-refractivity contribution < 1.29 is 14.8 Å². The van der Waals surface area contributed by atoms with E-state index in [1.165, 1.54) is 12.4 Å². The molecule has 10 heavy (non-hydrogen) atoms. The van der Waals surface area contributed by atoms with Crippen LogP contribution in [0, 0.1) is 5.92 Å². The Morgan fingerprint density at radius 2 is 2.00 bits per heavy atom. The van der Waals surface area contributed by atoms with E-state index in [4.69, 9.17) is 5.21 Å². The fraction of sp³-hybridized carbons (Fsp3) is 0.500. The molecule has 0 saturated carbocycles. The number of hydroxylamine groups is 1. The molecule has 3 N–H and O–H groups in total. The van der Waals surface area contributed by atoms with Gasteiger partial charge in [0.05, 0.1) is 22.9 Å². The van der Waals surface area contributed by atoms with Crippen LogP contribution in [-0.2, 0) is 9.59 Å². The summed E-state index contributed by atoms with van der Waals surface area (Å²) < 4.78 is 2.24. The number of halogens is 1. The van der Waals surface area contributed by atoms with Gasteiger partial charge >= 0.3 is 0 Å². The minimum atomic E-state index is -0.859. The maximum absolute atomic E-state index is 10.6. The van der Waals surface area contributed by atoms with E-state index in [1.807, 2.05) is 0 Å². The van der Waals surface area contributed by atoms with E-state index in [0.29, 0.717) is 0 Å². The van der Waals surface area contributed by atoms with Crippen molar-refractivity contribution in [2.24, 2.45) is 5.92 Å². The van der Waals surface area contributed by atoms with Crippen molar-refractivity contribution in [1.82, 2.24) is 9.01 Å². The third-order valence-electron chi connectivity index (χ3n) is 0.990. The second-order valence-electron chi connectivity index (χ2n) is 1.66. The predicted octanol–water partition coefficient (Wildman–Crippen LogP) is -0.406. The zero-order valence-corrected chi connectivity index (χ0v) is 7.38. The molecule has 6 heteroatoms. The molecule has 0 aliphatic rings. The lowest BCUT2D eigenvalue weighted by molar-refractivity contribution is -0.138. The lowest BCUT2D eigenvalue weighted by atomic mass is 10.2. The molecule has 1 atom stereocenters. The molecule has 0 bridgehead atoms. The number of hydrogen-bond acceptors (Lipinski definition) is 3. The minimum Gasteiger partial charge on any atom is -0.298 e. The summed E-state index contributed by atoms with van der Waals surface area (Å²) in [5.74, 6) is -2.01. The molecule has 0 aromatic heterocycles. The van der Waals surface area contributed by atoms with Gasteiger partial charge in [0, 0.05) is 0 Å². The van der Waals surface area contributed by atoms with Crippen molar-refractivity contribution >= 4 is 34.7 Å². The molecule has 0 aromatic rings. The van der Waals surface area contributed by atoms with Crippen LogP contribution in [0.15, 0.2) is 0 Å². The van der Waals surface area contributed by atoms with Gasteiger partial charge < -0.3 is 0 Å². The molecule has 58 valence electrons. The van der Waals surface area contributed by atoms with Crippen molar-refractivity contribution in [3.63, 3.8) is 0 Å². The summed E-state index contributed by atoms with van der Waals surface area (Å²) in [5.41, 5.74) is 1.38. The van der Waals surface area contributed by atoms with Crippen LogP contribution in [0.2, 0.25) is 0 Å². The molecule has 0 fully saturated rings. The second-order valence-corrected chi connectivity index (χ2v) is 2.20.